The number of hydrogen-bond acceptors (Lipinski definition) is 5. The largest absolute Gasteiger partial charge is 0.506 e. The molecule has 0 bridgehead atoms. The van der Waals surface area contributed by atoms with Gasteiger partial charge in [-0.1, -0.05) is 25.4 Å². The van der Waals surface area contributed by atoms with Crippen molar-refractivity contribution in [1.82, 2.24) is 9.97 Å². The van der Waals surface area contributed by atoms with Gasteiger partial charge in [-0.2, -0.15) is 13.2 Å². The number of halogens is 5. The third-order valence-corrected chi connectivity index (χ3v) is 6.23. The first-order valence-electron chi connectivity index (χ1n) is 9.74. The van der Waals surface area contributed by atoms with Crippen LogP contribution in [0.2, 0.25) is 5.02 Å². The number of nitrogens with zero attached hydrogens (tertiary/aromatic N) is 2. The van der Waals surface area contributed by atoms with Gasteiger partial charge < -0.3 is 15.5 Å². The molecular formula is C22H20ClF4N3O2. The Balaban J connectivity index is 1.97. The maximum atomic E-state index is 14.3. The Kier molecular flexibility index (Phi) is 5.06. The Labute approximate surface area is 186 Å². The van der Waals surface area contributed by atoms with Gasteiger partial charge in [-0.3, -0.25) is 0 Å². The van der Waals surface area contributed by atoms with Gasteiger partial charge in [0.15, 0.2) is 5.60 Å². The molecule has 0 aliphatic heterocycles. The molecule has 1 aliphatic rings. The van der Waals surface area contributed by atoms with Crippen molar-refractivity contribution in [3.8, 4) is 5.75 Å². The number of aromatic nitrogens is 2. The number of benzene rings is 2. The lowest BCUT2D eigenvalue weighted by atomic mass is 9.63. The minimum Gasteiger partial charge on any atom is -0.506 e. The molecular weight excluding hydrogens is 450 g/mol. The van der Waals surface area contributed by atoms with Crippen molar-refractivity contribution in [3.05, 3.63) is 58.3 Å². The molecule has 0 radical (unpaired) electrons. The zero-order valence-corrected chi connectivity index (χ0v) is 18.1. The summed E-state index contributed by atoms with van der Waals surface area (Å²) in [6.45, 7) is 4.69. The van der Waals surface area contributed by atoms with Crippen LogP contribution in [0.25, 0.3) is 10.9 Å². The van der Waals surface area contributed by atoms with Crippen molar-refractivity contribution in [3.63, 3.8) is 0 Å². The highest BCUT2D eigenvalue weighted by molar-refractivity contribution is 6.32. The second kappa shape index (κ2) is 7.18. The molecule has 10 heteroatoms. The van der Waals surface area contributed by atoms with Crippen LogP contribution >= 0.6 is 11.6 Å². The van der Waals surface area contributed by atoms with Crippen molar-refractivity contribution < 1.29 is 27.8 Å². The average Bonchev–Trinajstić information content (AvgIpc) is 2.65. The summed E-state index contributed by atoms with van der Waals surface area (Å²) in [6, 6.07) is 2.94. The highest BCUT2D eigenvalue weighted by atomic mass is 35.5. The number of hydrogen-bond donors (Lipinski definition) is 3. The van der Waals surface area contributed by atoms with Crippen molar-refractivity contribution in [2.45, 2.75) is 50.4 Å². The molecule has 170 valence electrons. The van der Waals surface area contributed by atoms with Crippen LogP contribution in [0.5, 0.6) is 5.75 Å². The van der Waals surface area contributed by atoms with E-state index in [1.165, 1.54) is 18.3 Å². The molecule has 1 aliphatic carbocycles. The van der Waals surface area contributed by atoms with Gasteiger partial charge in [0.1, 0.15) is 17.4 Å². The fourth-order valence-corrected chi connectivity index (χ4v) is 4.63. The number of rotatable bonds is 2. The smallest absolute Gasteiger partial charge is 0.419 e. The van der Waals surface area contributed by atoms with E-state index < -0.39 is 35.5 Å². The molecule has 4 rings (SSSR count). The van der Waals surface area contributed by atoms with Crippen molar-refractivity contribution >= 4 is 28.2 Å². The summed E-state index contributed by atoms with van der Waals surface area (Å²) in [5, 5.41) is 23.9. The van der Waals surface area contributed by atoms with E-state index in [-0.39, 0.29) is 32.9 Å². The highest BCUT2D eigenvalue weighted by Crippen LogP contribution is 2.55. The van der Waals surface area contributed by atoms with Crippen LogP contribution in [0, 0.1) is 12.7 Å². The number of anilines is 1. The standard InChI is InChI=1S/C22H20ClF4N3O2/c1-10-28-8-13-16(29-10)4-11(24)5-17(13)30-19-12-6-15(23)18(31)7-14(12)20(2,3)9-21(19,32)22(25,26)27/h4-8,19,30-32H,9H2,1-3H3. The van der Waals surface area contributed by atoms with E-state index in [9.17, 15) is 27.8 Å². The van der Waals surface area contributed by atoms with Crippen LogP contribution in [-0.4, -0.2) is 32.0 Å². The van der Waals surface area contributed by atoms with Crippen LogP contribution in [0.1, 0.15) is 43.3 Å². The fraction of sp³-hybridized carbons (Fsp3) is 0.364. The molecule has 3 aromatic rings. The Morgan fingerprint density at radius 3 is 2.53 bits per heavy atom. The van der Waals surface area contributed by atoms with Crippen LogP contribution in [0.3, 0.4) is 0 Å². The molecule has 0 amide bonds. The van der Waals surface area contributed by atoms with Gasteiger partial charge in [0.05, 0.1) is 16.6 Å². The molecule has 0 saturated heterocycles. The first-order valence-corrected chi connectivity index (χ1v) is 10.1. The minimum atomic E-state index is -5.03. The molecule has 0 saturated carbocycles. The molecule has 2 aromatic carbocycles. The zero-order valence-electron chi connectivity index (χ0n) is 17.3. The molecule has 32 heavy (non-hydrogen) atoms. The summed E-state index contributed by atoms with van der Waals surface area (Å²) < 4.78 is 57.1. The van der Waals surface area contributed by atoms with Gasteiger partial charge in [0.2, 0.25) is 0 Å². The van der Waals surface area contributed by atoms with Gasteiger partial charge in [0.25, 0.3) is 0 Å². The van der Waals surface area contributed by atoms with Crippen molar-refractivity contribution in [2.24, 2.45) is 0 Å². The molecule has 5 nitrogen and oxygen atoms in total. The number of fused-ring (bicyclic) bond motifs is 2. The summed E-state index contributed by atoms with van der Waals surface area (Å²) in [6.07, 6.45) is -4.35. The molecule has 0 fully saturated rings. The number of phenols is 1. The number of aryl methyl sites for hydroxylation is 1. The zero-order chi connectivity index (χ0) is 23.6. The van der Waals surface area contributed by atoms with E-state index in [0.29, 0.717) is 11.4 Å². The third kappa shape index (κ3) is 3.53. The first kappa shape index (κ1) is 22.5. The maximum Gasteiger partial charge on any atom is 0.419 e. The van der Waals surface area contributed by atoms with Gasteiger partial charge in [-0.05, 0) is 48.1 Å². The van der Waals surface area contributed by atoms with E-state index >= 15 is 0 Å². The highest BCUT2D eigenvalue weighted by Gasteiger charge is 2.64. The number of phenolic OH excluding ortho intramolecular Hbond substituents is 1. The Bertz CT molecular complexity index is 1230. The van der Waals surface area contributed by atoms with Crippen molar-refractivity contribution in [1.29, 1.82) is 0 Å². The summed E-state index contributed by atoms with van der Waals surface area (Å²) in [5.41, 5.74) is -3.73. The predicted molar refractivity (Wildman–Crippen MR) is 112 cm³/mol. The molecule has 1 aromatic heterocycles. The summed E-state index contributed by atoms with van der Waals surface area (Å²) in [7, 11) is 0. The Morgan fingerprint density at radius 1 is 1.19 bits per heavy atom. The minimum absolute atomic E-state index is 0.0115. The molecule has 2 atom stereocenters. The summed E-state index contributed by atoms with van der Waals surface area (Å²) >= 11 is 6.03. The number of nitrogens with one attached hydrogen (secondary N) is 1. The van der Waals surface area contributed by atoms with E-state index in [1.807, 2.05) is 0 Å². The van der Waals surface area contributed by atoms with Gasteiger partial charge >= 0.3 is 6.18 Å². The van der Waals surface area contributed by atoms with Gasteiger partial charge in [-0.15, -0.1) is 0 Å². The second-order valence-corrected chi connectivity index (χ2v) is 9.16. The monoisotopic (exact) mass is 469 g/mol. The Morgan fingerprint density at radius 2 is 1.88 bits per heavy atom. The van der Waals surface area contributed by atoms with E-state index in [4.69, 9.17) is 11.6 Å². The third-order valence-electron chi connectivity index (χ3n) is 5.92. The molecule has 1 heterocycles. The van der Waals surface area contributed by atoms with E-state index in [0.717, 1.165) is 12.1 Å². The first-order chi connectivity index (χ1) is 14.7. The lowest BCUT2D eigenvalue weighted by molar-refractivity contribution is -0.275. The summed E-state index contributed by atoms with van der Waals surface area (Å²) in [4.78, 5) is 8.19. The second-order valence-electron chi connectivity index (χ2n) is 8.75. The molecule has 2 unspecified atom stereocenters. The fourth-order valence-electron chi connectivity index (χ4n) is 4.46. The van der Waals surface area contributed by atoms with Crippen LogP contribution in [0.4, 0.5) is 23.2 Å². The quantitative estimate of drug-likeness (QED) is 0.428. The predicted octanol–water partition coefficient (Wildman–Crippen LogP) is 5.56. The van der Waals surface area contributed by atoms with Crippen molar-refractivity contribution in [2.75, 3.05) is 5.32 Å². The molecule has 3 N–H and O–H groups in total. The number of aliphatic hydroxyl groups is 1. The topological polar surface area (TPSA) is 78.3 Å². The van der Waals surface area contributed by atoms with Crippen LogP contribution in [0.15, 0.2) is 30.5 Å². The SMILES string of the molecule is Cc1ncc2c(NC3c4cc(Cl)c(O)cc4C(C)(C)CC3(O)C(F)(F)F)cc(F)cc2n1. The summed E-state index contributed by atoms with van der Waals surface area (Å²) in [5.74, 6) is -0.628. The van der Waals surface area contributed by atoms with Gasteiger partial charge in [-0.25, -0.2) is 14.4 Å². The van der Waals surface area contributed by atoms with Crippen LogP contribution in [-0.2, 0) is 5.41 Å². The lowest BCUT2D eigenvalue weighted by Gasteiger charge is -2.49. The van der Waals surface area contributed by atoms with E-state index in [1.54, 1.807) is 20.8 Å². The normalized spacial score (nSPS) is 22.6. The van der Waals surface area contributed by atoms with Gasteiger partial charge in [0, 0.05) is 23.3 Å². The Hall–Kier alpha value is -2.65. The van der Waals surface area contributed by atoms with Crippen LogP contribution < -0.4 is 5.32 Å². The lowest BCUT2D eigenvalue weighted by Crippen LogP contribution is -2.58. The maximum absolute atomic E-state index is 14.3. The number of aromatic hydroxyl groups is 1. The molecule has 0 spiro atoms. The average molecular weight is 470 g/mol. The number of alkyl halides is 3. The van der Waals surface area contributed by atoms with E-state index in [2.05, 4.69) is 15.3 Å².